The first kappa shape index (κ1) is 14.0. The van der Waals surface area contributed by atoms with Crippen LogP contribution in [-0.4, -0.2) is 18.1 Å². The molecule has 1 aromatic heterocycles. The summed E-state index contributed by atoms with van der Waals surface area (Å²) in [6.45, 7) is 6.89. The minimum Gasteiger partial charge on any atom is -0.316 e. The molecule has 1 atom stereocenters. The number of aryl methyl sites for hydroxylation is 1. The first-order chi connectivity index (χ1) is 8.50. The van der Waals surface area contributed by atoms with Crippen molar-refractivity contribution in [2.24, 2.45) is 11.3 Å². The van der Waals surface area contributed by atoms with Crippen LogP contribution in [0.15, 0.2) is 5.38 Å². The summed E-state index contributed by atoms with van der Waals surface area (Å²) in [7, 11) is 2.10. The van der Waals surface area contributed by atoms with Gasteiger partial charge < -0.3 is 5.32 Å². The van der Waals surface area contributed by atoms with Crippen LogP contribution in [0.4, 0.5) is 0 Å². The molecular weight excluding hydrogens is 240 g/mol. The molecule has 1 aliphatic carbocycles. The first-order valence-corrected chi connectivity index (χ1v) is 7.96. The highest BCUT2D eigenvalue weighted by molar-refractivity contribution is 7.09. The maximum absolute atomic E-state index is 4.60. The van der Waals surface area contributed by atoms with Gasteiger partial charge in [0, 0.05) is 23.5 Å². The van der Waals surface area contributed by atoms with Gasteiger partial charge in [-0.25, -0.2) is 4.98 Å². The smallest absolute Gasteiger partial charge is 0.0943 e. The quantitative estimate of drug-likeness (QED) is 0.896. The number of nitrogens with zero attached hydrogens (tertiary/aromatic N) is 1. The molecule has 0 spiro atoms. The molecule has 2 rings (SSSR count). The average molecular weight is 266 g/mol. The van der Waals surface area contributed by atoms with Gasteiger partial charge in [0.2, 0.25) is 0 Å². The third-order valence-corrected chi connectivity index (χ3v) is 5.37. The molecule has 102 valence electrons. The van der Waals surface area contributed by atoms with E-state index in [0.717, 1.165) is 18.0 Å². The Labute approximate surface area is 115 Å². The summed E-state index contributed by atoms with van der Waals surface area (Å²) in [6, 6.07) is 0.603. The fourth-order valence-electron chi connectivity index (χ4n) is 3.01. The molecule has 0 bridgehead atoms. The van der Waals surface area contributed by atoms with Gasteiger partial charge in [-0.3, -0.25) is 0 Å². The Kier molecular flexibility index (Phi) is 4.44. The van der Waals surface area contributed by atoms with Crippen LogP contribution < -0.4 is 5.32 Å². The number of aromatic nitrogens is 1. The molecule has 1 fully saturated rings. The summed E-state index contributed by atoms with van der Waals surface area (Å²) in [6.07, 6.45) is 6.56. The number of nitrogens with one attached hydrogen (secondary N) is 1. The first-order valence-electron chi connectivity index (χ1n) is 7.08. The van der Waals surface area contributed by atoms with Crippen molar-refractivity contribution >= 4 is 11.3 Å². The Morgan fingerprint density at radius 1 is 1.44 bits per heavy atom. The monoisotopic (exact) mass is 266 g/mol. The van der Waals surface area contributed by atoms with E-state index in [9.17, 15) is 0 Å². The lowest BCUT2D eigenvalue weighted by atomic mass is 9.71. The van der Waals surface area contributed by atoms with Crippen molar-refractivity contribution in [3.05, 3.63) is 16.1 Å². The van der Waals surface area contributed by atoms with Crippen molar-refractivity contribution in [1.82, 2.24) is 10.3 Å². The molecule has 1 aromatic rings. The number of thiazole rings is 1. The second kappa shape index (κ2) is 5.70. The Hall–Kier alpha value is -0.410. The van der Waals surface area contributed by atoms with Gasteiger partial charge in [0.15, 0.2) is 0 Å². The third kappa shape index (κ3) is 3.55. The second-order valence-corrected chi connectivity index (χ2v) is 7.43. The number of hydrogen-bond donors (Lipinski definition) is 1. The van der Waals surface area contributed by atoms with E-state index in [1.54, 1.807) is 11.3 Å². The van der Waals surface area contributed by atoms with Crippen molar-refractivity contribution in [3.63, 3.8) is 0 Å². The van der Waals surface area contributed by atoms with Gasteiger partial charge in [-0.15, -0.1) is 11.3 Å². The van der Waals surface area contributed by atoms with Gasteiger partial charge in [-0.2, -0.15) is 0 Å². The highest BCUT2D eigenvalue weighted by Crippen LogP contribution is 2.39. The SMILES string of the molecule is CNC(Cc1nc(C)cs1)C1CCC(C)(C)CC1. The maximum Gasteiger partial charge on any atom is 0.0943 e. The van der Waals surface area contributed by atoms with E-state index in [4.69, 9.17) is 0 Å². The number of likely N-dealkylation sites (N-methyl/N-ethyl adjacent to an activating group) is 1. The summed E-state index contributed by atoms with van der Waals surface area (Å²) in [5.41, 5.74) is 1.72. The van der Waals surface area contributed by atoms with Crippen LogP contribution in [0.1, 0.15) is 50.2 Å². The summed E-state index contributed by atoms with van der Waals surface area (Å²) in [4.78, 5) is 4.60. The van der Waals surface area contributed by atoms with E-state index in [1.165, 1.54) is 30.7 Å². The highest BCUT2D eigenvalue weighted by Gasteiger charge is 2.31. The maximum atomic E-state index is 4.60. The molecule has 1 aliphatic rings. The normalized spacial score (nSPS) is 22.0. The van der Waals surface area contributed by atoms with Gasteiger partial charge in [0.05, 0.1) is 5.01 Å². The molecule has 0 aliphatic heterocycles. The molecule has 3 heteroatoms. The fourth-order valence-corrected chi connectivity index (χ4v) is 3.84. The molecule has 18 heavy (non-hydrogen) atoms. The summed E-state index contributed by atoms with van der Waals surface area (Å²) >= 11 is 1.81. The van der Waals surface area contributed by atoms with Crippen molar-refractivity contribution in [3.8, 4) is 0 Å². The minimum absolute atomic E-state index is 0.562. The van der Waals surface area contributed by atoms with Gasteiger partial charge in [-0.05, 0) is 51.0 Å². The van der Waals surface area contributed by atoms with Crippen LogP contribution >= 0.6 is 11.3 Å². The Morgan fingerprint density at radius 2 is 2.11 bits per heavy atom. The minimum atomic E-state index is 0.562. The molecule has 1 saturated carbocycles. The second-order valence-electron chi connectivity index (χ2n) is 6.48. The zero-order valence-electron chi connectivity index (χ0n) is 12.1. The molecular formula is C15H26N2S. The van der Waals surface area contributed by atoms with Gasteiger partial charge in [0.1, 0.15) is 0 Å². The third-order valence-electron chi connectivity index (χ3n) is 4.38. The van der Waals surface area contributed by atoms with E-state index in [0.29, 0.717) is 11.5 Å². The molecule has 1 unspecified atom stereocenters. The van der Waals surface area contributed by atoms with Gasteiger partial charge in [0.25, 0.3) is 0 Å². The van der Waals surface area contributed by atoms with Crippen LogP contribution in [0.25, 0.3) is 0 Å². The summed E-state index contributed by atoms with van der Waals surface area (Å²) in [5, 5.41) is 6.97. The number of hydrogen-bond acceptors (Lipinski definition) is 3. The Morgan fingerprint density at radius 3 is 2.61 bits per heavy atom. The van der Waals surface area contributed by atoms with Crippen LogP contribution in [0.5, 0.6) is 0 Å². The van der Waals surface area contributed by atoms with Gasteiger partial charge in [-0.1, -0.05) is 13.8 Å². The zero-order valence-corrected chi connectivity index (χ0v) is 12.9. The van der Waals surface area contributed by atoms with Crippen LogP contribution in [-0.2, 0) is 6.42 Å². The van der Waals surface area contributed by atoms with Gasteiger partial charge >= 0.3 is 0 Å². The zero-order chi connectivity index (χ0) is 13.2. The van der Waals surface area contributed by atoms with Crippen LogP contribution in [0.2, 0.25) is 0 Å². The standard InChI is InChI=1S/C15H26N2S/c1-11-10-18-14(17-11)9-13(16-4)12-5-7-15(2,3)8-6-12/h10,12-13,16H,5-9H2,1-4H3. The fraction of sp³-hybridized carbons (Fsp3) is 0.800. The van der Waals surface area contributed by atoms with Crippen molar-refractivity contribution in [2.75, 3.05) is 7.05 Å². The molecule has 0 saturated heterocycles. The topological polar surface area (TPSA) is 24.9 Å². The predicted molar refractivity (Wildman–Crippen MR) is 79.1 cm³/mol. The molecule has 0 aromatic carbocycles. The van der Waals surface area contributed by atoms with Crippen molar-refractivity contribution < 1.29 is 0 Å². The van der Waals surface area contributed by atoms with Crippen molar-refractivity contribution in [2.45, 2.75) is 58.9 Å². The lowest BCUT2D eigenvalue weighted by molar-refractivity contribution is 0.163. The summed E-state index contributed by atoms with van der Waals surface area (Å²) < 4.78 is 0. The largest absolute Gasteiger partial charge is 0.316 e. The summed E-state index contributed by atoms with van der Waals surface area (Å²) in [5.74, 6) is 0.826. The van der Waals surface area contributed by atoms with E-state index < -0.39 is 0 Å². The highest BCUT2D eigenvalue weighted by atomic mass is 32.1. The molecule has 0 radical (unpaired) electrons. The van der Waals surface area contributed by atoms with Crippen molar-refractivity contribution in [1.29, 1.82) is 0 Å². The lowest BCUT2D eigenvalue weighted by Crippen LogP contribution is -2.38. The lowest BCUT2D eigenvalue weighted by Gasteiger charge is -2.37. The van der Waals surface area contributed by atoms with E-state index in [-0.39, 0.29) is 0 Å². The van der Waals surface area contributed by atoms with E-state index in [1.807, 2.05) is 0 Å². The Balaban J connectivity index is 1.93. The van der Waals surface area contributed by atoms with Crippen LogP contribution in [0.3, 0.4) is 0 Å². The van der Waals surface area contributed by atoms with Crippen LogP contribution in [0, 0.1) is 18.3 Å². The number of rotatable bonds is 4. The Bertz CT molecular complexity index is 374. The molecule has 0 amide bonds. The van der Waals surface area contributed by atoms with E-state index >= 15 is 0 Å². The molecule has 2 nitrogen and oxygen atoms in total. The average Bonchev–Trinajstić information content (AvgIpc) is 2.72. The predicted octanol–water partition coefficient (Wildman–Crippen LogP) is 3.80. The molecule has 1 heterocycles. The molecule has 1 N–H and O–H groups in total. The van der Waals surface area contributed by atoms with E-state index in [2.05, 4.69) is 43.5 Å².